The van der Waals surface area contributed by atoms with Crippen LogP contribution in [0.2, 0.25) is 0 Å². The highest BCUT2D eigenvalue weighted by Crippen LogP contribution is 2.46. The molecule has 1 N–H and O–H groups in total. The summed E-state index contributed by atoms with van der Waals surface area (Å²) in [6, 6.07) is 2.64. The van der Waals surface area contributed by atoms with Gasteiger partial charge in [-0.2, -0.15) is 0 Å². The molecule has 106 valence electrons. The van der Waals surface area contributed by atoms with Crippen LogP contribution in [0.25, 0.3) is 0 Å². The molecule has 0 bridgehead atoms. The first-order valence-electron chi connectivity index (χ1n) is 7.06. The van der Waals surface area contributed by atoms with E-state index in [-0.39, 0.29) is 0 Å². The van der Waals surface area contributed by atoms with Gasteiger partial charge in [0.05, 0.1) is 0 Å². The SMILES string of the molecule is Cc1cc(Br)cnc1NC1CC(C)(C)CC(C)(C)C1. The minimum atomic E-state index is 0.405. The number of anilines is 1. The zero-order valence-corrected chi connectivity index (χ0v) is 14.3. The third-order valence-corrected chi connectivity index (χ3v) is 4.37. The maximum atomic E-state index is 4.51. The molecule has 1 aromatic heterocycles. The number of aryl methyl sites for hydroxylation is 1. The average molecular weight is 325 g/mol. The molecule has 2 nitrogen and oxygen atoms in total. The van der Waals surface area contributed by atoms with Crippen LogP contribution in [0.15, 0.2) is 16.7 Å². The lowest BCUT2D eigenvalue weighted by atomic mass is 9.63. The molecule has 0 amide bonds. The predicted molar refractivity (Wildman–Crippen MR) is 85.5 cm³/mol. The number of nitrogens with one attached hydrogen (secondary N) is 1. The molecule has 0 saturated heterocycles. The summed E-state index contributed by atoms with van der Waals surface area (Å²) in [5.74, 6) is 1.03. The van der Waals surface area contributed by atoms with E-state index in [4.69, 9.17) is 0 Å². The van der Waals surface area contributed by atoms with Crippen molar-refractivity contribution >= 4 is 21.7 Å². The van der Waals surface area contributed by atoms with E-state index < -0.39 is 0 Å². The van der Waals surface area contributed by atoms with Gasteiger partial charge in [0.15, 0.2) is 0 Å². The van der Waals surface area contributed by atoms with Crippen LogP contribution in [0.3, 0.4) is 0 Å². The fraction of sp³-hybridized carbons (Fsp3) is 0.688. The van der Waals surface area contributed by atoms with Crippen molar-refractivity contribution in [3.05, 3.63) is 22.3 Å². The molecule has 2 rings (SSSR count). The minimum Gasteiger partial charge on any atom is -0.367 e. The van der Waals surface area contributed by atoms with E-state index in [9.17, 15) is 0 Å². The smallest absolute Gasteiger partial charge is 0.129 e. The lowest BCUT2D eigenvalue weighted by Gasteiger charge is -2.45. The number of hydrogen-bond acceptors (Lipinski definition) is 2. The Morgan fingerprint density at radius 3 is 2.32 bits per heavy atom. The molecule has 1 saturated carbocycles. The predicted octanol–water partition coefficient (Wildman–Crippen LogP) is 5.17. The van der Waals surface area contributed by atoms with Gasteiger partial charge in [0.2, 0.25) is 0 Å². The Morgan fingerprint density at radius 2 is 1.79 bits per heavy atom. The van der Waals surface area contributed by atoms with Gasteiger partial charge in [-0.15, -0.1) is 0 Å². The van der Waals surface area contributed by atoms with Crippen molar-refractivity contribution in [1.82, 2.24) is 4.98 Å². The summed E-state index contributed by atoms with van der Waals surface area (Å²) in [4.78, 5) is 4.51. The van der Waals surface area contributed by atoms with Crippen LogP contribution in [0.5, 0.6) is 0 Å². The first-order valence-corrected chi connectivity index (χ1v) is 7.85. The molecule has 0 unspecified atom stereocenters. The Balaban J connectivity index is 2.14. The number of pyridine rings is 1. The highest BCUT2D eigenvalue weighted by molar-refractivity contribution is 9.10. The van der Waals surface area contributed by atoms with Gasteiger partial charge in [0.25, 0.3) is 0 Å². The minimum absolute atomic E-state index is 0.405. The Kier molecular flexibility index (Phi) is 3.97. The van der Waals surface area contributed by atoms with Gasteiger partial charge >= 0.3 is 0 Å². The van der Waals surface area contributed by atoms with E-state index >= 15 is 0 Å². The van der Waals surface area contributed by atoms with Crippen molar-refractivity contribution in [2.75, 3.05) is 5.32 Å². The molecule has 1 aliphatic carbocycles. The van der Waals surface area contributed by atoms with Crippen LogP contribution in [0.1, 0.15) is 52.5 Å². The molecule has 0 aliphatic heterocycles. The summed E-state index contributed by atoms with van der Waals surface area (Å²) in [6.07, 6.45) is 5.60. The summed E-state index contributed by atoms with van der Waals surface area (Å²) < 4.78 is 1.04. The van der Waals surface area contributed by atoms with E-state index in [0.29, 0.717) is 16.9 Å². The molecular formula is C16H25BrN2. The second kappa shape index (κ2) is 5.08. The van der Waals surface area contributed by atoms with Crippen molar-refractivity contribution in [3.8, 4) is 0 Å². The Labute approximate surface area is 125 Å². The van der Waals surface area contributed by atoms with E-state index in [2.05, 4.69) is 66.9 Å². The molecule has 1 aliphatic rings. The second-order valence-corrected chi connectivity index (χ2v) is 8.49. The van der Waals surface area contributed by atoms with Crippen LogP contribution in [0.4, 0.5) is 5.82 Å². The van der Waals surface area contributed by atoms with E-state index in [1.54, 1.807) is 0 Å². The van der Waals surface area contributed by atoms with Crippen molar-refractivity contribution in [1.29, 1.82) is 0 Å². The molecule has 19 heavy (non-hydrogen) atoms. The van der Waals surface area contributed by atoms with Crippen LogP contribution >= 0.6 is 15.9 Å². The topological polar surface area (TPSA) is 24.9 Å². The van der Waals surface area contributed by atoms with E-state index in [1.165, 1.54) is 24.8 Å². The summed E-state index contributed by atoms with van der Waals surface area (Å²) >= 11 is 3.47. The van der Waals surface area contributed by atoms with Crippen molar-refractivity contribution < 1.29 is 0 Å². The number of rotatable bonds is 2. The van der Waals surface area contributed by atoms with Crippen molar-refractivity contribution in [2.24, 2.45) is 10.8 Å². The second-order valence-electron chi connectivity index (χ2n) is 7.57. The van der Waals surface area contributed by atoms with Gasteiger partial charge in [-0.3, -0.25) is 0 Å². The number of hydrogen-bond donors (Lipinski definition) is 1. The summed E-state index contributed by atoms with van der Waals surface area (Å²) in [6.45, 7) is 11.6. The first kappa shape index (κ1) is 14.8. The van der Waals surface area contributed by atoms with Gasteiger partial charge in [-0.05, 0) is 64.6 Å². The number of halogens is 1. The zero-order valence-electron chi connectivity index (χ0n) is 12.7. The molecule has 0 atom stereocenters. The Bertz CT molecular complexity index is 450. The maximum absolute atomic E-state index is 4.51. The zero-order chi connectivity index (χ0) is 14.3. The van der Waals surface area contributed by atoms with Crippen molar-refractivity contribution in [3.63, 3.8) is 0 Å². The third-order valence-electron chi connectivity index (χ3n) is 3.94. The van der Waals surface area contributed by atoms with Crippen LogP contribution in [-0.4, -0.2) is 11.0 Å². The largest absolute Gasteiger partial charge is 0.367 e. The van der Waals surface area contributed by atoms with E-state index in [1.807, 2.05) is 6.20 Å². The van der Waals surface area contributed by atoms with Gasteiger partial charge in [0.1, 0.15) is 5.82 Å². The van der Waals surface area contributed by atoms with Crippen LogP contribution in [-0.2, 0) is 0 Å². The highest BCUT2D eigenvalue weighted by Gasteiger charge is 2.38. The van der Waals surface area contributed by atoms with Gasteiger partial charge in [-0.1, -0.05) is 27.7 Å². The van der Waals surface area contributed by atoms with Gasteiger partial charge in [-0.25, -0.2) is 4.98 Å². The fourth-order valence-electron chi connectivity index (χ4n) is 3.83. The van der Waals surface area contributed by atoms with Crippen LogP contribution in [0, 0.1) is 17.8 Å². The maximum Gasteiger partial charge on any atom is 0.129 e. The van der Waals surface area contributed by atoms with Crippen LogP contribution < -0.4 is 5.32 Å². The molecule has 1 heterocycles. The molecule has 3 heteroatoms. The Morgan fingerprint density at radius 1 is 1.21 bits per heavy atom. The lowest BCUT2D eigenvalue weighted by Crippen LogP contribution is -2.40. The monoisotopic (exact) mass is 324 g/mol. The average Bonchev–Trinajstić information content (AvgIpc) is 2.17. The molecule has 1 fully saturated rings. The lowest BCUT2D eigenvalue weighted by molar-refractivity contribution is 0.105. The number of nitrogens with zero attached hydrogens (tertiary/aromatic N) is 1. The normalized spacial score (nSPS) is 22.2. The standard InChI is InChI=1S/C16H25BrN2/c1-11-6-12(17)9-18-14(11)19-13-7-15(2,3)10-16(4,5)8-13/h6,9,13H,7-8,10H2,1-5H3,(H,18,19). The fourth-order valence-corrected chi connectivity index (χ4v) is 4.28. The highest BCUT2D eigenvalue weighted by atomic mass is 79.9. The molecule has 0 radical (unpaired) electrons. The summed E-state index contributed by atoms with van der Waals surface area (Å²) in [7, 11) is 0. The Hall–Kier alpha value is -0.570. The molecule has 0 spiro atoms. The summed E-state index contributed by atoms with van der Waals surface area (Å²) in [5, 5.41) is 3.66. The number of aromatic nitrogens is 1. The first-order chi connectivity index (χ1) is 8.67. The molecule has 0 aromatic carbocycles. The van der Waals surface area contributed by atoms with E-state index in [0.717, 1.165) is 10.3 Å². The van der Waals surface area contributed by atoms with Gasteiger partial charge in [0, 0.05) is 16.7 Å². The molecule has 1 aromatic rings. The van der Waals surface area contributed by atoms with Gasteiger partial charge < -0.3 is 5.32 Å². The van der Waals surface area contributed by atoms with Crippen molar-refractivity contribution in [2.45, 2.75) is 59.9 Å². The third kappa shape index (κ3) is 3.95. The quantitative estimate of drug-likeness (QED) is 0.811. The summed E-state index contributed by atoms with van der Waals surface area (Å²) in [5.41, 5.74) is 2.02. The molecular weight excluding hydrogens is 300 g/mol.